The molecule has 174 valence electrons. The molecule has 0 fully saturated rings. The van der Waals surface area contributed by atoms with E-state index in [4.69, 9.17) is 0 Å². The van der Waals surface area contributed by atoms with Gasteiger partial charge in [0.25, 0.3) is 5.91 Å². The minimum absolute atomic E-state index is 0.0665. The Morgan fingerprint density at radius 2 is 1.76 bits per heavy atom. The smallest absolute Gasteiger partial charge is 0.342 e. The third-order valence-electron chi connectivity index (χ3n) is 4.55. The van der Waals surface area contributed by atoms with E-state index in [1.54, 1.807) is 24.6 Å². The normalized spacial score (nSPS) is 12.3. The minimum atomic E-state index is -4.45. The Labute approximate surface area is 190 Å². The van der Waals surface area contributed by atoms with Gasteiger partial charge in [-0.2, -0.15) is 13.2 Å². The second-order valence-corrected chi connectivity index (χ2v) is 7.93. The molecule has 0 aliphatic rings. The van der Waals surface area contributed by atoms with Crippen molar-refractivity contribution in [3.8, 4) is 0 Å². The lowest BCUT2D eigenvalue weighted by atomic mass is 10.2. The fourth-order valence-electron chi connectivity index (χ4n) is 2.88. The molecule has 0 saturated carbocycles. The van der Waals surface area contributed by atoms with Crippen molar-refractivity contribution < 1.29 is 27.2 Å². The highest BCUT2D eigenvalue weighted by molar-refractivity contribution is 7.99. The fourth-order valence-corrected chi connectivity index (χ4v) is 3.60. The summed E-state index contributed by atoms with van der Waals surface area (Å²) in [6.45, 7) is 1.66. The first-order valence-corrected chi connectivity index (χ1v) is 10.6. The molecular formula is C21H19F4N5O2S. The van der Waals surface area contributed by atoms with E-state index >= 15 is 0 Å². The molecule has 3 rings (SSSR count). The number of rotatable bonds is 7. The number of hydrogen-bond acceptors (Lipinski definition) is 5. The molecular weight excluding hydrogens is 462 g/mol. The van der Waals surface area contributed by atoms with Gasteiger partial charge in [0.1, 0.15) is 5.82 Å². The van der Waals surface area contributed by atoms with Crippen LogP contribution in [0.4, 0.5) is 23.2 Å². The first kappa shape index (κ1) is 24.2. The van der Waals surface area contributed by atoms with Crippen LogP contribution in [0.1, 0.15) is 34.7 Å². The molecule has 0 bridgehead atoms. The number of benzene rings is 2. The molecule has 1 aromatic heterocycles. The van der Waals surface area contributed by atoms with Crippen molar-refractivity contribution in [2.45, 2.75) is 24.3 Å². The molecule has 3 aromatic rings. The van der Waals surface area contributed by atoms with Gasteiger partial charge in [-0.15, -0.1) is 10.2 Å². The summed E-state index contributed by atoms with van der Waals surface area (Å²) in [5, 5.41) is 13.6. The number of anilines is 1. The summed E-state index contributed by atoms with van der Waals surface area (Å²) in [5.74, 6) is -1.36. The van der Waals surface area contributed by atoms with E-state index < -0.39 is 35.4 Å². The number of thioether (sulfide) groups is 1. The number of aromatic nitrogens is 3. The predicted octanol–water partition coefficient (Wildman–Crippen LogP) is 4.19. The summed E-state index contributed by atoms with van der Waals surface area (Å²) in [6.07, 6.45) is -4.45. The number of nitrogens with one attached hydrogen (secondary N) is 2. The Morgan fingerprint density at radius 3 is 2.39 bits per heavy atom. The molecule has 0 aliphatic carbocycles. The Kier molecular flexibility index (Phi) is 7.36. The van der Waals surface area contributed by atoms with E-state index in [1.165, 1.54) is 30.3 Å². The van der Waals surface area contributed by atoms with Gasteiger partial charge in [-0.1, -0.05) is 23.9 Å². The van der Waals surface area contributed by atoms with Crippen LogP contribution in [0.2, 0.25) is 0 Å². The summed E-state index contributed by atoms with van der Waals surface area (Å²) in [7, 11) is 1.65. The highest BCUT2D eigenvalue weighted by Crippen LogP contribution is 2.30. The van der Waals surface area contributed by atoms with E-state index in [0.717, 1.165) is 23.9 Å². The summed E-state index contributed by atoms with van der Waals surface area (Å²) >= 11 is 1.06. The zero-order valence-corrected chi connectivity index (χ0v) is 18.3. The third-order valence-corrected chi connectivity index (χ3v) is 5.57. The molecule has 12 heteroatoms. The van der Waals surface area contributed by atoms with Crippen molar-refractivity contribution in [1.82, 2.24) is 20.1 Å². The van der Waals surface area contributed by atoms with Gasteiger partial charge in [-0.05, 0) is 43.3 Å². The quantitative estimate of drug-likeness (QED) is 0.390. The SMILES string of the molecule is C[C@@H](NC(=O)c1ccccc1F)c1nnc(SCC(=O)Nc2ccc(C(F)(F)F)cc2)n1C. The van der Waals surface area contributed by atoms with Gasteiger partial charge >= 0.3 is 6.18 Å². The highest BCUT2D eigenvalue weighted by Gasteiger charge is 2.30. The van der Waals surface area contributed by atoms with Crippen molar-refractivity contribution in [3.05, 3.63) is 71.3 Å². The molecule has 0 aliphatic heterocycles. The maximum absolute atomic E-state index is 13.8. The number of carbonyl (C=O) groups is 2. The molecule has 0 spiro atoms. The van der Waals surface area contributed by atoms with E-state index in [1.807, 2.05) is 0 Å². The van der Waals surface area contributed by atoms with Crippen LogP contribution in [0.5, 0.6) is 0 Å². The number of nitrogens with zero attached hydrogens (tertiary/aromatic N) is 3. The summed E-state index contributed by atoms with van der Waals surface area (Å²) in [6, 6.07) is 9.10. The average Bonchev–Trinajstić information content (AvgIpc) is 3.12. The highest BCUT2D eigenvalue weighted by atomic mass is 32.2. The molecule has 7 nitrogen and oxygen atoms in total. The van der Waals surface area contributed by atoms with Crippen molar-refractivity contribution in [2.24, 2.45) is 7.05 Å². The van der Waals surface area contributed by atoms with Gasteiger partial charge in [-0.3, -0.25) is 9.59 Å². The van der Waals surface area contributed by atoms with Crippen LogP contribution in [0.15, 0.2) is 53.7 Å². The average molecular weight is 481 g/mol. The van der Waals surface area contributed by atoms with Crippen LogP contribution < -0.4 is 10.6 Å². The van der Waals surface area contributed by atoms with Gasteiger partial charge in [0, 0.05) is 12.7 Å². The van der Waals surface area contributed by atoms with Crippen LogP contribution in [0.3, 0.4) is 0 Å². The second kappa shape index (κ2) is 10.0. The molecule has 0 radical (unpaired) electrons. The summed E-state index contributed by atoms with van der Waals surface area (Å²) < 4.78 is 53.2. The lowest BCUT2D eigenvalue weighted by Crippen LogP contribution is -2.29. The largest absolute Gasteiger partial charge is 0.416 e. The first-order chi connectivity index (χ1) is 15.6. The number of carbonyl (C=O) groups excluding carboxylic acids is 2. The third kappa shape index (κ3) is 6.09. The Balaban J connectivity index is 1.56. The van der Waals surface area contributed by atoms with E-state index in [-0.39, 0.29) is 17.0 Å². The second-order valence-electron chi connectivity index (χ2n) is 6.99. The van der Waals surface area contributed by atoms with Gasteiger partial charge in [0.2, 0.25) is 5.91 Å². The maximum atomic E-state index is 13.8. The fraction of sp³-hybridized carbons (Fsp3) is 0.238. The van der Waals surface area contributed by atoms with Crippen LogP contribution in [-0.2, 0) is 18.0 Å². The lowest BCUT2D eigenvalue weighted by molar-refractivity contribution is -0.137. The first-order valence-electron chi connectivity index (χ1n) is 9.61. The van der Waals surface area contributed by atoms with Gasteiger partial charge in [-0.25, -0.2) is 4.39 Å². The molecule has 0 unspecified atom stereocenters. The Morgan fingerprint density at radius 1 is 1.09 bits per heavy atom. The van der Waals surface area contributed by atoms with E-state index in [2.05, 4.69) is 20.8 Å². The number of alkyl halides is 3. The van der Waals surface area contributed by atoms with E-state index in [0.29, 0.717) is 11.0 Å². The predicted molar refractivity (Wildman–Crippen MR) is 114 cm³/mol. The molecule has 1 heterocycles. The number of halogens is 4. The molecule has 2 aromatic carbocycles. The van der Waals surface area contributed by atoms with Crippen LogP contribution in [0.25, 0.3) is 0 Å². The standard InChI is InChI=1S/C21H19F4N5O2S/c1-12(26-19(32)15-5-3-4-6-16(15)22)18-28-29-20(30(18)2)33-11-17(31)27-14-9-7-13(8-10-14)21(23,24)25/h3-10,12H,11H2,1-2H3,(H,26,32)(H,27,31)/t12-/m1/s1. The number of hydrogen-bond donors (Lipinski definition) is 2. The van der Waals surface area contributed by atoms with Crippen molar-refractivity contribution in [2.75, 3.05) is 11.1 Å². The zero-order valence-electron chi connectivity index (χ0n) is 17.5. The molecule has 33 heavy (non-hydrogen) atoms. The monoisotopic (exact) mass is 481 g/mol. The van der Waals surface area contributed by atoms with Crippen molar-refractivity contribution in [3.63, 3.8) is 0 Å². The van der Waals surface area contributed by atoms with Crippen LogP contribution >= 0.6 is 11.8 Å². The molecule has 1 atom stereocenters. The van der Waals surface area contributed by atoms with Gasteiger partial charge < -0.3 is 15.2 Å². The molecule has 0 saturated heterocycles. The van der Waals surface area contributed by atoms with Crippen LogP contribution in [0, 0.1) is 5.82 Å². The molecule has 2 amide bonds. The van der Waals surface area contributed by atoms with E-state index in [9.17, 15) is 27.2 Å². The Bertz CT molecular complexity index is 1150. The molecule has 2 N–H and O–H groups in total. The topological polar surface area (TPSA) is 88.9 Å². The zero-order chi connectivity index (χ0) is 24.2. The minimum Gasteiger partial charge on any atom is -0.342 e. The maximum Gasteiger partial charge on any atom is 0.416 e. The van der Waals surface area contributed by atoms with Crippen molar-refractivity contribution >= 4 is 29.3 Å². The van der Waals surface area contributed by atoms with Crippen LogP contribution in [-0.4, -0.2) is 32.3 Å². The summed E-state index contributed by atoms with van der Waals surface area (Å²) in [4.78, 5) is 24.5. The van der Waals surface area contributed by atoms with Gasteiger partial charge in [0.05, 0.1) is 22.9 Å². The number of amides is 2. The summed E-state index contributed by atoms with van der Waals surface area (Å²) in [5.41, 5.74) is -0.671. The Hall–Kier alpha value is -3.41. The lowest BCUT2D eigenvalue weighted by Gasteiger charge is -2.14. The van der Waals surface area contributed by atoms with Gasteiger partial charge in [0.15, 0.2) is 11.0 Å². The van der Waals surface area contributed by atoms with Crippen molar-refractivity contribution in [1.29, 1.82) is 0 Å².